The van der Waals surface area contributed by atoms with E-state index in [-0.39, 0.29) is 13.2 Å². The molecule has 3 N–H and O–H groups in total. The Morgan fingerprint density at radius 3 is 2.50 bits per heavy atom. The number of rotatable bonds is 10. The standard InChI is InChI=1S/C16H24O4/c17-11-7-2-1-6-10-16(15(19)12-18)20-13-14-8-4-3-5-9-14/h1,3-6,8-9,15-19H,2,7,10-13H2/b6-1+/t15-,16+/m1/s1. The third kappa shape index (κ3) is 6.82. The molecule has 0 saturated heterocycles. The zero-order chi connectivity index (χ0) is 14.6. The van der Waals surface area contributed by atoms with Crippen molar-refractivity contribution in [3.05, 3.63) is 48.0 Å². The zero-order valence-electron chi connectivity index (χ0n) is 11.7. The lowest BCUT2D eigenvalue weighted by molar-refractivity contribution is -0.0629. The van der Waals surface area contributed by atoms with Crippen molar-refractivity contribution in [2.24, 2.45) is 0 Å². The Hall–Kier alpha value is -1.20. The molecule has 0 bridgehead atoms. The molecule has 0 fully saturated rings. The first-order valence-corrected chi connectivity index (χ1v) is 6.98. The molecule has 0 spiro atoms. The summed E-state index contributed by atoms with van der Waals surface area (Å²) in [4.78, 5) is 0. The van der Waals surface area contributed by atoms with E-state index in [2.05, 4.69) is 0 Å². The van der Waals surface area contributed by atoms with Crippen molar-refractivity contribution in [1.82, 2.24) is 0 Å². The minimum atomic E-state index is -0.888. The average molecular weight is 280 g/mol. The summed E-state index contributed by atoms with van der Waals surface area (Å²) >= 11 is 0. The maximum absolute atomic E-state index is 9.75. The second kappa shape index (κ2) is 10.6. The van der Waals surface area contributed by atoms with Crippen molar-refractivity contribution < 1.29 is 20.1 Å². The van der Waals surface area contributed by atoms with Crippen LogP contribution in [0.2, 0.25) is 0 Å². The molecule has 1 rings (SSSR count). The van der Waals surface area contributed by atoms with E-state index < -0.39 is 12.2 Å². The third-order valence-corrected chi connectivity index (χ3v) is 2.99. The van der Waals surface area contributed by atoms with Crippen molar-refractivity contribution in [3.63, 3.8) is 0 Å². The number of aliphatic hydroxyl groups is 3. The van der Waals surface area contributed by atoms with Crippen LogP contribution in [-0.4, -0.2) is 40.7 Å². The molecule has 2 atom stereocenters. The predicted molar refractivity (Wildman–Crippen MR) is 78.2 cm³/mol. The largest absolute Gasteiger partial charge is 0.396 e. The second-order valence-corrected chi connectivity index (χ2v) is 4.66. The first-order valence-electron chi connectivity index (χ1n) is 6.98. The van der Waals surface area contributed by atoms with Gasteiger partial charge in [-0.15, -0.1) is 0 Å². The fraction of sp³-hybridized carbons (Fsp3) is 0.500. The van der Waals surface area contributed by atoms with E-state index in [1.807, 2.05) is 42.5 Å². The zero-order valence-corrected chi connectivity index (χ0v) is 11.7. The van der Waals surface area contributed by atoms with Crippen LogP contribution >= 0.6 is 0 Å². The highest BCUT2D eigenvalue weighted by Gasteiger charge is 2.17. The van der Waals surface area contributed by atoms with Gasteiger partial charge in [-0.1, -0.05) is 42.5 Å². The molecule has 0 heterocycles. The Morgan fingerprint density at radius 2 is 1.85 bits per heavy atom. The number of allylic oxidation sites excluding steroid dienone is 1. The van der Waals surface area contributed by atoms with Gasteiger partial charge in [0, 0.05) is 6.61 Å². The molecule has 0 aliphatic rings. The summed E-state index contributed by atoms with van der Waals surface area (Å²) in [7, 11) is 0. The van der Waals surface area contributed by atoms with Gasteiger partial charge in [0.05, 0.1) is 19.3 Å². The third-order valence-electron chi connectivity index (χ3n) is 2.99. The first kappa shape index (κ1) is 16.9. The number of unbranched alkanes of at least 4 members (excludes halogenated alkanes) is 1. The molecule has 4 nitrogen and oxygen atoms in total. The Morgan fingerprint density at radius 1 is 1.10 bits per heavy atom. The molecular weight excluding hydrogens is 256 g/mol. The van der Waals surface area contributed by atoms with E-state index in [0.717, 1.165) is 18.4 Å². The van der Waals surface area contributed by atoms with Gasteiger partial charge in [0.15, 0.2) is 0 Å². The highest BCUT2D eigenvalue weighted by atomic mass is 16.5. The molecule has 20 heavy (non-hydrogen) atoms. The molecule has 0 unspecified atom stereocenters. The molecule has 4 heteroatoms. The summed E-state index contributed by atoms with van der Waals surface area (Å²) in [5.41, 5.74) is 1.03. The van der Waals surface area contributed by atoms with E-state index >= 15 is 0 Å². The lowest BCUT2D eigenvalue weighted by atomic mass is 10.1. The van der Waals surface area contributed by atoms with Crippen LogP contribution in [0.25, 0.3) is 0 Å². The molecule has 1 aromatic carbocycles. The van der Waals surface area contributed by atoms with Crippen LogP contribution < -0.4 is 0 Å². The van der Waals surface area contributed by atoms with Crippen LogP contribution in [0.5, 0.6) is 0 Å². The van der Waals surface area contributed by atoms with Crippen molar-refractivity contribution in [1.29, 1.82) is 0 Å². The topological polar surface area (TPSA) is 69.9 Å². The Balaban J connectivity index is 2.41. The molecule has 0 aliphatic carbocycles. The molecule has 0 amide bonds. The summed E-state index contributed by atoms with van der Waals surface area (Å²) in [6.45, 7) is 0.272. The lowest BCUT2D eigenvalue weighted by Gasteiger charge is -2.20. The van der Waals surface area contributed by atoms with Crippen molar-refractivity contribution in [3.8, 4) is 0 Å². The van der Waals surface area contributed by atoms with E-state index in [1.54, 1.807) is 0 Å². The quantitative estimate of drug-likeness (QED) is 0.450. The Kier molecular flexibility index (Phi) is 8.91. The van der Waals surface area contributed by atoms with Crippen LogP contribution in [0.4, 0.5) is 0 Å². The minimum Gasteiger partial charge on any atom is -0.396 e. The average Bonchev–Trinajstić information content (AvgIpc) is 2.50. The van der Waals surface area contributed by atoms with E-state index in [4.69, 9.17) is 14.9 Å². The summed E-state index contributed by atoms with van der Waals surface area (Å²) in [6, 6.07) is 9.72. The lowest BCUT2D eigenvalue weighted by Crippen LogP contribution is -2.31. The van der Waals surface area contributed by atoms with Crippen molar-refractivity contribution in [2.75, 3.05) is 13.2 Å². The highest BCUT2D eigenvalue weighted by Crippen LogP contribution is 2.10. The number of benzene rings is 1. The first-order chi connectivity index (χ1) is 9.77. The van der Waals surface area contributed by atoms with E-state index in [0.29, 0.717) is 13.0 Å². The fourth-order valence-corrected chi connectivity index (χ4v) is 1.79. The molecule has 0 aromatic heterocycles. The second-order valence-electron chi connectivity index (χ2n) is 4.66. The van der Waals surface area contributed by atoms with Gasteiger partial charge in [-0.3, -0.25) is 0 Å². The van der Waals surface area contributed by atoms with Crippen LogP contribution in [0.1, 0.15) is 24.8 Å². The molecule has 0 saturated carbocycles. The predicted octanol–water partition coefficient (Wildman–Crippen LogP) is 1.64. The summed E-state index contributed by atoms with van der Waals surface area (Å²) in [5.74, 6) is 0. The normalized spacial score (nSPS) is 14.6. The van der Waals surface area contributed by atoms with Crippen LogP contribution in [0, 0.1) is 0 Å². The molecule has 1 aromatic rings. The van der Waals surface area contributed by atoms with Gasteiger partial charge in [0.2, 0.25) is 0 Å². The smallest absolute Gasteiger partial charge is 0.103 e. The molecule has 112 valence electrons. The maximum Gasteiger partial charge on any atom is 0.103 e. The molecule has 0 aliphatic heterocycles. The van der Waals surface area contributed by atoms with Gasteiger partial charge < -0.3 is 20.1 Å². The Bertz CT molecular complexity index is 364. The van der Waals surface area contributed by atoms with Crippen LogP contribution in [0.15, 0.2) is 42.5 Å². The number of aliphatic hydroxyl groups excluding tert-OH is 3. The summed E-state index contributed by atoms with van der Waals surface area (Å²) in [6.07, 6.45) is 4.64. The van der Waals surface area contributed by atoms with Gasteiger partial charge >= 0.3 is 0 Å². The van der Waals surface area contributed by atoms with Crippen molar-refractivity contribution in [2.45, 2.75) is 38.1 Å². The van der Waals surface area contributed by atoms with Gasteiger partial charge in [0.1, 0.15) is 6.10 Å². The van der Waals surface area contributed by atoms with Crippen LogP contribution in [-0.2, 0) is 11.3 Å². The molecular formula is C16H24O4. The fourth-order valence-electron chi connectivity index (χ4n) is 1.79. The van der Waals surface area contributed by atoms with E-state index in [9.17, 15) is 5.11 Å². The van der Waals surface area contributed by atoms with Gasteiger partial charge in [0.25, 0.3) is 0 Å². The van der Waals surface area contributed by atoms with Gasteiger partial charge in [-0.05, 0) is 24.8 Å². The van der Waals surface area contributed by atoms with Crippen LogP contribution in [0.3, 0.4) is 0 Å². The minimum absolute atomic E-state index is 0.178. The number of ether oxygens (including phenoxy) is 1. The number of hydrogen-bond acceptors (Lipinski definition) is 4. The van der Waals surface area contributed by atoms with Gasteiger partial charge in [-0.2, -0.15) is 0 Å². The van der Waals surface area contributed by atoms with E-state index in [1.165, 1.54) is 0 Å². The monoisotopic (exact) mass is 280 g/mol. The summed E-state index contributed by atoms with van der Waals surface area (Å²) in [5, 5.41) is 27.5. The SMILES string of the molecule is OCCC/C=C/C[C@H](OCc1ccccc1)[C@H](O)CO. The Labute approximate surface area is 120 Å². The number of hydrogen-bond donors (Lipinski definition) is 3. The maximum atomic E-state index is 9.75. The van der Waals surface area contributed by atoms with Crippen molar-refractivity contribution >= 4 is 0 Å². The van der Waals surface area contributed by atoms with Gasteiger partial charge in [-0.25, -0.2) is 0 Å². The molecule has 0 radical (unpaired) electrons. The highest BCUT2D eigenvalue weighted by molar-refractivity contribution is 5.13. The summed E-state index contributed by atoms with van der Waals surface area (Å²) < 4.78 is 5.68.